The highest BCUT2D eigenvalue weighted by atomic mass is 16.5. The topological polar surface area (TPSA) is 124 Å². The zero-order valence-corrected chi connectivity index (χ0v) is 22.6. The molecule has 4 aromatic heterocycles. The van der Waals surface area contributed by atoms with Crippen molar-refractivity contribution >= 4 is 29.1 Å². The number of hydrogen-bond acceptors (Lipinski definition) is 7. The molecule has 0 amide bonds. The number of carbonyl (C=O) groups is 2. The van der Waals surface area contributed by atoms with Crippen LogP contribution in [0.15, 0.2) is 43.0 Å². The lowest BCUT2D eigenvalue weighted by atomic mass is 9.49. The van der Waals surface area contributed by atoms with Crippen molar-refractivity contribution in [3.8, 4) is 11.1 Å². The van der Waals surface area contributed by atoms with Crippen molar-refractivity contribution in [3.63, 3.8) is 0 Å². The van der Waals surface area contributed by atoms with Crippen molar-refractivity contribution in [3.05, 3.63) is 59.9 Å². The fraction of sp³-hybridized carbons (Fsp3) is 0.433. The summed E-state index contributed by atoms with van der Waals surface area (Å²) in [6.07, 6.45) is 14.8. The van der Waals surface area contributed by atoms with Crippen LogP contribution >= 0.6 is 0 Å². The molecule has 4 saturated carbocycles. The summed E-state index contributed by atoms with van der Waals surface area (Å²) in [6.45, 7) is 3.00. The highest BCUT2D eigenvalue weighted by molar-refractivity contribution is 6.03. The molecule has 206 valence electrons. The second kappa shape index (κ2) is 9.18. The van der Waals surface area contributed by atoms with E-state index in [4.69, 9.17) is 9.84 Å². The maximum absolute atomic E-state index is 13.1. The van der Waals surface area contributed by atoms with Gasteiger partial charge in [0.25, 0.3) is 0 Å². The molecular formula is C30H32N6O4. The molecule has 10 heteroatoms. The van der Waals surface area contributed by atoms with E-state index in [2.05, 4.69) is 26.9 Å². The molecule has 0 spiro atoms. The monoisotopic (exact) mass is 540 g/mol. The average Bonchev–Trinajstić information content (AvgIpc) is 3.49. The number of aromatic nitrogens is 5. The largest absolute Gasteiger partial charge is 0.476 e. The molecule has 4 bridgehead atoms. The van der Waals surface area contributed by atoms with E-state index in [9.17, 15) is 14.7 Å². The third-order valence-electron chi connectivity index (χ3n) is 9.39. The number of ether oxygens (including phenoxy) is 1. The summed E-state index contributed by atoms with van der Waals surface area (Å²) in [5.41, 5.74) is 3.90. The van der Waals surface area contributed by atoms with Gasteiger partial charge in [0.1, 0.15) is 11.4 Å². The summed E-state index contributed by atoms with van der Waals surface area (Å²) < 4.78 is 9.05. The van der Waals surface area contributed by atoms with Crippen LogP contribution in [0.1, 0.15) is 65.1 Å². The van der Waals surface area contributed by atoms with Crippen LogP contribution in [0.3, 0.4) is 0 Å². The first-order chi connectivity index (χ1) is 19.3. The molecule has 4 fully saturated rings. The summed E-state index contributed by atoms with van der Waals surface area (Å²) in [4.78, 5) is 33.3. The highest BCUT2D eigenvalue weighted by Crippen LogP contribution is 2.60. The van der Waals surface area contributed by atoms with Crippen LogP contribution in [0.5, 0.6) is 0 Å². The number of imidazole rings is 1. The maximum atomic E-state index is 13.1. The second-order valence-corrected chi connectivity index (χ2v) is 12.0. The molecule has 40 heavy (non-hydrogen) atoms. The van der Waals surface area contributed by atoms with Gasteiger partial charge < -0.3 is 15.2 Å². The molecule has 4 aliphatic rings. The number of anilines is 2. The molecule has 4 aliphatic carbocycles. The minimum atomic E-state index is -1.14. The standard InChI is InChI=1S/C30H32N6O4/c1-17-22(14-33-36(17)16-30-11-18-8-19(12-30)10-20(9-18)13-30)21-5-7-35-24(15-32-27(35)25(21)29(39)40-2)34-23-4-3-6-31-26(23)28(37)38/h3-7,14-15,18-20,34H,8-13,16H2,1-2H3,(H,37,38). The van der Waals surface area contributed by atoms with E-state index in [-0.39, 0.29) is 5.69 Å². The molecule has 0 radical (unpaired) electrons. The van der Waals surface area contributed by atoms with Crippen molar-refractivity contribution in [2.45, 2.75) is 52.0 Å². The number of nitrogens with one attached hydrogen (secondary N) is 1. The number of rotatable bonds is 7. The fourth-order valence-electron chi connectivity index (χ4n) is 8.16. The zero-order chi connectivity index (χ0) is 27.6. The van der Waals surface area contributed by atoms with Crippen LogP contribution in [0.4, 0.5) is 11.5 Å². The van der Waals surface area contributed by atoms with Gasteiger partial charge in [-0.2, -0.15) is 5.10 Å². The Hall–Kier alpha value is -4.21. The lowest BCUT2D eigenvalue weighted by molar-refractivity contribution is -0.0638. The highest BCUT2D eigenvalue weighted by Gasteiger charge is 2.51. The predicted octanol–water partition coefficient (Wildman–Crippen LogP) is 5.35. The third-order valence-corrected chi connectivity index (χ3v) is 9.39. The van der Waals surface area contributed by atoms with Gasteiger partial charge in [-0.1, -0.05) is 0 Å². The Bertz CT molecular complexity index is 1620. The van der Waals surface area contributed by atoms with Crippen LogP contribution < -0.4 is 5.32 Å². The lowest BCUT2D eigenvalue weighted by Gasteiger charge is -2.56. The van der Waals surface area contributed by atoms with Crippen molar-refractivity contribution < 1.29 is 19.4 Å². The third kappa shape index (κ3) is 3.96. The molecule has 2 N–H and O–H groups in total. The van der Waals surface area contributed by atoms with Gasteiger partial charge in [0.15, 0.2) is 11.3 Å². The average molecular weight is 541 g/mol. The Morgan fingerprint density at radius 2 is 1.80 bits per heavy atom. The Balaban J connectivity index is 1.25. The van der Waals surface area contributed by atoms with E-state index in [1.165, 1.54) is 51.8 Å². The summed E-state index contributed by atoms with van der Waals surface area (Å²) in [6, 6.07) is 5.15. The number of nitrogens with zero attached hydrogens (tertiary/aromatic N) is 5. The van der Waals surface area contributed by atoms with E-state index in [0.29, 0.717) is 33.7 Å². The smallest absolute Gasteiger partial charge is 0.356 e. The first-order valence-electron chi connectivity index (χ1n) is 13.9. The van der Waals surface area contributed by atoms with Crippen LogP contribution in [0.2, 0.25) is 0 Å². The van der Waals surface area contributed by atoms with Gasteiger partial charge in [-0.15, -0.1) is 0 Å². The van der Waals surface area contributed by atoms with Crippen molar-refractivity contribution in [2.24, 2.45) is 23.2 Å². The zero-order valence-electron chi connectivity index (χ0n) is 22.6. The molecular weight excluding hydrogens is 508 g/mol. The normalized spacial score (nSPS) is 24.9. The fourth-order valence-corrected chi connectivity index (χ4v) is 8.16. The van der Waals surface area contributed by atoms with Gasteiger partial charge in [0, 0.05) is 35.8 Å². The number of carboxylic acids is 1. The molecule has 10 nitrogen and oxygen atoms in total. The Morgan fingerprint density at radius 3 is 2.48 bits per heavy atom. The van der Waals surface area contributed by atoms with Gasteiger partial charge in [-0.25, -0.2) is 19.6 Å². The number of pyridine rings is 2. The molecule has 0 atom stereocenters. The second-order valence-electron chi connectivity index (χ2n) is 12.0. The maximum Gasteiger partial charge on any atom is 0.356 e. The number of carbonyl (C=O) groups excluding carboxylic acids is 1. The molecule has 0 aromatic carbocycles. The summed E-state index contributed by atoms with van der Waals surface area (Å²) in [5, 5.41) is 17.4. The van der Waals surface area contributed by atoms with E-state index in [1.807, 2.05) is 18.5 Å². The van der Waals surface area contributed by atoms with Crippen LogP contribution in [-0.4, -0.2) is 48.3 Å². The minimum absolute atomic E-state index is 0.107. The summed E-state index contributed by atoms with van der Waals surface area (Å²) >= 11 is 0. The van der Waals surface area contributed by atoms with Gasteiger partial charge in [0.2, 0.25) is 0 Å². The van der Waals surface area contributed by atoms with Gasteiger partial charge in [-0.3, -0.25) is 9.08 Å². The first kappa shape index (κ1) is 24.8. The van der Waals surface area contributed by atoms with E-state index >= 15 is 0 Å². The quantitative estimate of drug-likeness (QED) is 0.301. The summed E-state index contributed by atoms with van der Waals surface area (Å²) in [5.74, 6) is 1.47. The molecule has 4 aromatic rings. The molecule has 0 aliphatic heterocycles. The van der Waals surface area contributed by atoms with Gasteiger partial charge >= 0.3 is 11.9 Å². The Labute approximate surface area is 231 Å². The molecule has 0 unspecified atom stereocenters. The minimum Gasteiger partial charge on any atom is -0.476 e. The number of carboxylic acid groups (broad SMARTS) is 1. The van der Waals surface area contributed by atoms with Gasteiger partial charge in [0.05, 0.1) is 25.2 Å². The van der Waals surface area contributed by atoms with Crippen LogP contribution in [-0.2, 0) is 11.3 Å². The molecule has 0 saturated heterocycles. The number of hydrogen-bond donors (Lipinski definition) is 2. The summed E-state index contributed by atoms with van der Waals surface area (Å²) in [7, 11) is 1.36. The molecule has 4 heterocycles. The number of aromatic carboxylic acids is 1. The number of fused-ring (bicyclic) bond motifs is 1. The van der Waals surface area contributed by atoms with Crippen LogP contribution in [0, 0.1) is 30.1 Å². The number of esters is 1. The molecule has 8 rings (SSSR count). The predicted molar refractivity (Wildman–Crippen MR) is 148 cm³/mol. The SMILES string of the molecule is COC(=O)c1c(-c2cnn(CC34CC5CC(CC(C5)C3)C4)c2C)ccn2c(Nc3cccnc3C(=O)O)cnc12. The lowest BCUT2D eigenvalue weighted by Crippen LogP contribution is -2.48. The van der Waals surface area contributed by atoms with Crippen molar-refractivity contribution in [1.82, 2.24) is 24.1 Å². The van der Waals surface area contributed by atoms with Crippen molar-refractivity contribution in [2.75, 3.05) is 12.4 Å². The van der Waals surface area contributed by atoms with E-state index in [1.54, 1.807) is 22.7 Å². The van der Waals surface area contributed by atoms with Crippen molar-refractivity contribution in [1.29, 1.82) is 0 Å². The Kier molecular flexibility index (Phi) is 5.69. The first-order valence-corrected chi connectivity index (χ1v) is 13.9. The van der Waals surface area contributed by atoms with Gasteiger partial charge in [-0.05, 0) is 86.8 Å². The van der Waals surface area contributed by atoms with E-state index in [0.717, 1.165) is 35.6 Å². The van der Waals surface area contributed by atoms with E-state index < -0.39 is 11.9 Å². The van der Waals surface area contributed by atoms with Crippen LogP contribution in [0.25, 0.3) is 16.8 Å². The Morgan fingerprint density at radius 1 is 1.07 bits per heavy atom. The number of methoxy groups -OCH3 is 1.